The number of halogens is 3. The van der Waals surface area contributed by atoms with E-state index >= 15 is 4.39 Å². The summed E-state index contributed by atoms with van der Waals surface area (Å²) < 4.78 is 15.1. The number of aliphatic hydroxyl groups is 1. The molecule has 0 saturated carbocycles. The standard InChI is InChI=1S/C32H42Cl2FN5O3/c1-19(41)40-13-11-39(12-14-40)10-6-9-36-29(42)28-27(20-7-5-8-21(33)15-20)32(26(38-28)18-31(2,3)4)22-16-24(35)23(34)17-25(22)37-30(32)43/h5,7-8,15-17,26-29,36,38,42H,6,9-14,18H2,1-4H3,(H,37,43)/t26-,27+,28-,29?,32+/m1/s1. The van der Waals surface area contributed by atoms with Crippen molar-refractivity contribution >= 4 is 40.7 Å². The molecule has 2 amide bonds. The first-order chi connectivity index (χ1) is 20.3. The van der Waals surface area contributed by atoms with Gasteiger partial charge < -0.3 is 20.6 Å². The van der Waals surface area contributed by atoms with Gasteiger partial charge >= 0.3 is 0 Å². The molecule has 3 aliphatic rings. The van der Waals surface area contributed by atoms with E-state index in [1.54, 1.807) is 13.0 Å². The number of benzene rings is 2. The van der Waals surface area contributed by atoms with Crippen molar-refractivity contribution in [2.24, 2.45) is 5.41 Å². The minimum absolute atomic E-state index is 0.0605. The zero-order chi connectivity index (χ0) is 31.1. The van der Waals surface area contributed by atoms with E-state index in [0.717, 1.165) is 44.7 Å². The van der Waals surface area contributed by atoms with Crippen LogP contribution in [0.3, 0.4) is 0 Å². The van der Waals surface area contributed by atoms with Crippen LogP contribution in [0.15, 0.2) is 36.4 Å². The van der Waals surface area contributed by atoms with Crippen molar-refractivity contribution in [3.8, 4) is 0 Å². The molecule has 11 heteroatoms. The second-order valence-electron chi connectivity index (χ2n) is 13.3. The maximum atomic E-state index is 15.1. The Kier molecular flexibility index (Phi) is 9.43. The Labute approximate surface area is 263 Å². The van der Waals surface area contributed by atoms with Gasteiger partial charge in [0.25, 0.3) is 0 Å². The number of rotatable bonds is 8. The molecule has 4 N–H and O–H groups in total. The van der Waals surface area contributed by atoms with Crippen LogP contribution < -0.4 is 16.0 Å². The minimum atomic E-state index is -1.22. The van der Waals surface area contributed by atoms with Crippen LogP contribution in [0.4, 0.5) is 10.1 Å². The van der Waals surface area contributed by atoms with Gasteiger partial charge in [-0.05, 0) is 66.7 Å². The zero-order valence-corrected chi connectivity index (χ0v) is 26.7. The molecular weight excluding hydrogens is 592 g/mol. The summed E-state index contributed by atoms with van der Waals surface area (Å²) in [6.45, 7) is 12.4. The van der Waals surface area contributed by atoms with Crippen molar-refractivity contribution < 1.29 is 19.1 Å². The van der Waals surface area contributed by atoms with E-state index < -0.39 is 35.5 Å². The lowest BCUT2D eigenvalue weighted by molar-refractivity contribution is -0.130. The molecule has 0 aromatic heterocycles. The summed E-state index contributed by atoms with van der Waals surface area (Å²) in [5.74, 6) is -1.31. The summed E-state index contributed by atoms with van der Waals surface area (Å²) in [7, 11) is 0. The molecule has 5 rings (SSSR count). The number of fused-ring (bicyclic) bond motifs is 2. The number of amides is 2. The van der Waals surface area contributed by atoms with Crippen LogP contribution in [-0.2, 0) is 15.0 Å². The van der Waals surface area contributed by atoms with Crippen LogP contribution in [0.25, 0.3) is 0 Å². The van der Waals surface area contributed by atoms with E-state index in [1.807, 2.05) is 23.1 Å². The van der Waals surface area contributed by atoms with Crippen molar-refractivity contribution in [2.75, 3.05) is 44.6 Å². The predicted octanol–water partition coefficient (Wildman–Crippen LogP) is 4.35. The summed E-state index contributed by atoms with van der Waals surface area (Å²) in [6, 6.07) is 9.19. The molecule has 0 radical (unpaired) electrons. The Hall–Kier alpha value is -2.27. The number of aliphatic hydroxyl groups excluding tert-OH is 1. The van der Waals surface area contributed by atoms with Gasteiger partial charge in [-0.15, -0.1) is 0 Å². The van der Waals surface area contributed by atoms with Gasteiger partial charge in [-0.3, -0.25) is 19.8 Å². The molecule has 3 aliphatic heterocycles. The predicted molar refractivity (Wildman–Crippen MR) is 168 cm³/mol. The number of anilines is 1. The number of hydrogen-bond donors (Lipinski definition) is 4. The molecule has 3 heterocycles. The lowest BCUT2D eigenvalue weighted by atomic mass is 9.62. The minimum Gasteiger partial charge on any atom is -0.377 e. The van der Waals surface area contributed by atoms with Crippen molar-refractivity contribution in [1.82, 2.24) is 20.4 Å². The molecule has 0 aliphatic carbocycles. The van der Waals surface area contributed by atoms with Crippen molar-refractivity contribution in [1.29, 1.82) is 0 Å². The Balaban J connectivity index is 1.44. The monoisotopic (exact) mass is 633 g/mol. The van der Waals surface area contributed by atoms with E-state index in [1.165, 1.54) is 12.1 Å². The van der Waals surface area contributed by atoms with Gasteiger partial charge in [-0.1, -0.05) is 56.1 Å². The highest BCUT2D eigenvalue weighted by atomic mass is 35.5. The fourth-order valence-electron chi connectivity index (χ4n) is 7.20. The highest BCUT2D eigenvalue weighted by Gasteiger charge is 2.65. The van der Waals surface area contributed by atoms with Gasteiger partial charge in [0, 0.05) is 55.8 Å². The van der Waals surface area contributed by atoms with Crippen LogP contribution in [0, 0.1) is 11.2 Å². The summed E-state index contributed by atoms with van der Waals surface area (Å²) in [5.41, 5.74) is 0.395. The largest absolute Gasteiger partial charge is 0.377 e. The van der Waals surface area contributed by atoms with Gasteiger partial charge in [0.1, 0.15) is 17.5 Å². The second kappa shape index (κ2) is 12.6. The van der Waals surface area contributed by atoms with Crippen LogP contribution >= 0.6 is 23.2 Å². The summed E-state index contributed by atoms with van der Waals surface area (Å²) in [4.78, 5) is 30.0. The molecule has 2 aromatic rings. The first-order valence-corrected chi connectivity index (χ1v) is 15.8. The molecule has 8 nitrogen and oxygen atoms in total. The molecule has 1 spiro atoms. The molecule has 0 bridgehead atoms. The lowest BCUT2D eigenvalue weighted by Crippen LogP contribution is -2.50. The quantitative estimate of drug-likeness (QED) is 0.255. The third-order valence-corrected chi connectivity index (χ3v) is 9.63. The van der Waals surface area contributed by atoms with Crippen molar-refractivity contribution in [2.45, 2.75) is 70.2 Å². The Bertz CT molecular complexity index is 1360. The third kappa shape index (κ3) is 6.44. The maximum absolute atomic E-state index is 15.1. The van der Waals surface area contributed by atoms with E-state index in [0.29, 0.717) is 29.2 Å². The summed E-state index contributed by atoms with van der Waals surface area (Å²) in [5, 5.41) is 22.1. The highest BCUT2D eigenvalue weighted by Crippen LogP contribution is 2.57. The Morgan fingerprint density at radius 3 is 2.56 bits per heavy atom. The molecule has 5 atom stereocenters. The van der Waals surface area contributed by atoms with Gasteiger partial charge in [-0.25, -0.2) is 4.39 Å². The van der Waals surface area contributed by atoms with Crippen molar-refractivity contribution in [3.05, 3.63) is 63.4 Å². The van der Waals surface area contributed by atoms with Crippen LogP contribution in [0.1, 0.15) is 57.6 Å². The maximum Gasteiger partial charge on any atom is 0.237 e. The number of nitrogens with zero attached hydrogens (tertiary/aromatic N) is 2. The third-order valence-electron chi connectivity index (χ3n) is 9.11. The van der Waals surface area contributed by atoms with E-state index in [4.69, 9.17) is 23.2 Å². The average Bonchev–Trinajstić information content (AvgIpc) is 3.41. The average molecular weight is 635 g/mol. The normalized spacial score (nSPS) is 26.6. The summed E-state index contributed by atoms with van der Waals surface area (Å²) in [6.07, 6.45) is 0.390. The molecule has 43 heavy (non-hydrogen) atoms. The van der Waals surface area contributed by atoms with Crippen LogP contribution in [-0.4, -0.2) is 84.3 Å². The molecule has 2 fully saturated rings. The van der Waals surface area contributed by atoms with Crippen LogP contribution in [0.5, 0.6) is 0 Å². The molecule has 2 aromatic carbocycles. The second-order valence-corrected chi connectivity index (χ2v) is 14.1. The van der Waals surface area contributed by atoms with E-state index in [-0.39, 0.29) is 22.3 Å². The number of carbonyl (C=O) groups is 2. The topological polar surface area (TPSA) is 96.9 Å². The Morgan fingerprint density at radius 2 is 1.91 bits per heavy atom. The first-order valence-electron chi connectivity index (χ1n) is 15.0. The molecule has 1 unspecified atom stereocenters. The highest BCUT2D eigenvalue weighted by molar-refractivity contribution is 6.31. The van der Waals surface area contributed by atoms with Gasteiger partial charge in [0.15, 0.2) is 0 Å². The lowest BCUT2D eigenvalue weighted by Gasteiger charge is -2.38. The molecule has 2 saturated heterocycles. The van der Waals surface area contributed by atoms with Gasteiger partial charge in [0.05, 0.1) is 11.1 Å². The Morgan fingerprint density at radius 1 is 1.19 bits per heavy atom. The number of piperazine rings is 1. The van der Waals surface area contributed by atoms with Crippen molar-refractivity contribution in [3.63, 3.8) is 0 Å². The van der Waals surface area contributed by atoms with E-state index in [9.17, 15) is 14.7 Å². The molecule has 234 valence electrons. The van der Waals surface area contributed by atoms with Gasteiger partial charge in [0.2, 0.25) is 11.8 Å². The first kappa shape index (κ1) is 32.1. The molecular formula is C32H42Cl2FN5O3. The van der Waals surface area contributed by atoms with Crippen LogP contribution in [0.2, 0.25) is 10.0 Å². The number of carbonyl (C=O) groups excluding carboxylic acids is 2. The zero-order valence-electron chi connectivity index (χ0n) is 25.2. The number of hydrogen-bond acceptors (Lipinski definition) is 6. The fourth-order valence-corrected chi connectivity index (χ4v) is 7.56. The number of nitrogens with one attached hydrogen (secondary N) is 3. The van der Waals surface area contributed by atoms with E-state index in [2.05, 4.69) is 41.6 Å². The SMILES string of the molecule is CC(=O)N1CCN(CCCNC(O)[C@@H]2N[C@H](CC(C)(C)C)[C@]3(C(=O)Nc4cc(Cl)c(F)cc43)[C@H]2c2cccc(Cl)c2)CC1. The summed E-state index contributed by atoms with van der Waals surface area (Å²) >= 11 is 12.6. The fraction of sp³-hybridized carbons (Fsp3) is 0.562. The van der Waals surface area contributed by atoms with Gasteiger partial charge in [-0.2, -0.15) is 0 Å². The smallest absolute Gasteiger partial charge is 0.237 e.